The predicted molar refractivity (Wildman–Crippen MR) is 96.8 cm³/mol. The molecule has 1 fully saturated rings. The van der Waals surface area contributed by atoms with Gasteiger partial charge in [0.25, 0.3) is 0 Å². The zero-order valence-corrected chi connectivity index (χ0v) is 15.0. The molecule has 0 spiro atoms. The minimum absolute atomic E-state index is 0.242. The lowest BCUT2D eigenvalue weighted by atomic mass is 9.79. The van der Waals surface area contributed by atoms with E-state index >= 15 is 0 Å². The van der Waals surface area contributed by atoms with E-state index in [0.29, 0.717) is 23.5 Å². The SMILES string of the molecule is CC(C)(C)C1CCC(C(=O)Cc2cnn(Cc3ccccc3)c2)C1. The number of aromatic nitrogens is 2. The van der Waals surface area contributed by atoms with E-state index in [9.17, 15) is 4.79 Å². The number of Topliss-reactive ketones (excluding diaryl/α,β-unsaturated/α-hetero) is 1. The van der Waals surface area contributed by atoms with Crippen molar-refractivity contribution in [1.29, 1.82) is 0 Å². The van der Waals surface area contributed by atoms with E-state index in [1.165, 1.54) is 12.0 Å². The number of hydrogen-bond acceptors (Lipinski definition) is 2. The van der Waals surface area contributed by atoms with Crippen LogP contribution in [0.1, 0.15) is 51.2 Å². The molecule has 0 amide bonds. The molecule has 0 aliphatic heterocycles. The maximum Gasteiger partial charge on any atom is 0.140 e. The topological polar surface area (TPSA) is 34.9 Å². The highest BCUT2D eigenvalue weighted by atomic mass is 16.1. The van der Waals surface area contributed by atoms with Crippen LogP contribution in [0.4, 0.5) is 0 Å². The first-order chi connectivity index (χ1) is 11.4. The molecule has 1 heterocycles. The van der Waals surface area contributed by atoms with Crippen molar-refractivity contribution in [2.45, 2.75) is 53.0 Å². The van der Waals surface area contributed by atoms with E-state index in [4.69, 9.17) is 0 Å². The fourth-order valence-corrected chi connectivity index (χ4v) is 3.76. The van der Waals surface area contributed by atoms with Gasteiger partial charge in [0.05, 0.1) is 12.7 Å². The second-order valence-corrected chi connectivity index (χ2v) is 8.25. The lowest BCUT2D eigenvalue weighted by molar-refractivity contribution is -0.122. The molecule has 3 rings (SSSR count). The number of rotatable bonds is 5. The third-order valence-corrected chi connectivity index (χ3v) is 5.37. The van der Waals surface area contributed by atoms with E-state index in [-0.39, 0.29) is 5.92 Å². The average Bonchev–Trinajstić information content (AvgIpc) is 3.17. The van der Waals surface area contributed by atoms with Crippen molar-refractivity contribution in [3.8, 4) is 0 Å². The van der Waals surface area contributed by atoms with E-state index in [0.717, 1.165) is 24.9 Å². The number of carbonyl (C=O) groups is 1. The van der Waals surface area contributed by atoms with Gasteiger partial charge >= 0.3 is 0 Å². The van der Waals surface area contributed by atoms with Crippen LogP contribution in [0.2, 0.25) is 0 Å². The Labute approximate surface area is 145 Å². The molecular weight excluding hydrogens is 296 g/mol. The van der Waals surface area contributed by atoms with Gasteiger partial charge in [-0.2, -0.15) is 5.10 Å². The van der Waals surface area contributed by atoms with Crippen molar-refractivity contribution in [3.63, 3.8) is 0 Å². The van der Waals surface area contributed by atoms with Gasteiger partial charge in [0.15, 0.2) is 0 Å². The fraction of sp³-hybridized carbons (Fsp3) is 0.524. The van der Waals surface area contributed by atoms with Crippen molar-refractivity contribution in [3.05, 3.63) is 53.9 Å². The number of carbonyl (C=O) groups excluding carboxylic acids is 1. The summed E-state index contributed by atoms with van der Waals surface area (Å²) in [7, 11) is 0. The van der Waals surface area contributed by atoms with Crippen LogP contribution < -0.4 is 0 Å². The predicted octanol–water partition coefficient (Wildman–Crippen LogP) is 4.51. The standard InChI is InChI=1S/C21H28N2O/c1-21(2,3)19-10-9-18(12-19)20(24)11-17-13-22-23(15-17)14-16-7-5-4-6-8-16/h4-8,13,15,18-19H,9-12,14H2,1-3H3. The third-order valence-electron chi connectivity index (χ3n) is 5.37. The molecule has 1 aromatic carbocycles. The van der Waals surface area contributed by atoms with Crippen LogP contribution >= 0.6 is 0 Å². The molecule has 0 bridgehead atoms. The molecular formula is C21H28N2O. The van der Waals surface area contributed by atoms with Gasteiger partial charge in [-0.3, -0.25) is 9.48 Å². The van der Waals surface area contributed by atoms with Crippen LogP contribution in [0.15, 0.2) is 42.7 Å². The van der Waals surface area contributed by atoms with Crippen LogP contribution in [-0.2, 0) is 17.8 Å². The van der Waals surface area contributed by atoms with Crippen molar-refractivity contribution < 1.29 is 4.79 Å². The fourth-order valence-electron chi connectivity index (χ4n) is 3.76. The molecule has 128 valence electrons. The van der Waals surface area contributed by atoms with Gasteiger partial charge in [-0.25, -0.2) is 0 Å². The van der Waals surface area contributed by atoms with Crippen LogP contribution in [-0.4, -0.2) is 15.6 Å². The Balaban J connectivity index is 1.56. The molecule has 24 heavy (non-hydrogen) atoms. The minimum atomic E-state index is 0.242. The molecule has 3 nitrogen and oxygen atoms in total. The molecule has 1 aromatic heterocycles. The Bertz CT molecular complexity index is 681. The molecule has 1 saturated carbocycles. The summed E-state index contributed by atoms with van der Waals surface area (Å²) in [4.78, 5) is 12.6. The summed E-state index contributed by atoms with van der Waals surface area (Å²) in [6.07, 6.45) is 7.68. The van der Waals surface area contributed by atoms with Crippen LogP contribution in [0.5, 0.6) is 0 Å². The molecule has 1 aliphatic carbocycles. The lowest BCUT2D eigenvalue weighted by Gasteiger charge is -2.26. The van der Waals surface area contributed by atoms with Crippen molar-refractivity contribution >= 4 is 5.78 Å². The average molecular weight is 324 g/mol. The Morgan fingerprint density at radius 1 is 1.17 bits per heavy atom. The largest absolute Gasteiger partial charge is 0.299 e. The molecule has 0 N–H and O–H groups in total. The van der Waals surface area contributed by atoms with Crippen molar-refractivity contribution in [2.24, 2.45) is 17.3 Å². The first kappa shape index (κ1) is 16.9. The maximum absolute atomic E-state index is 12.6. The van der Waals surface area contributed by atoms with Gasteiger partial charge in [-0.15, -0.1) is 0 Å². The Kier molecular flexibility index (Phi) is 4.88. The molecule has 2 aromatic rings. The number of ketones is 1. The van der Waals surface area contributed by atoms with Crippen LogP contribution in [0.3, 0.4) is 0 Å². The summed E-state index contributed by atoms with van der Waals surface area (Å²) in [6, 6.07) is 10.3. The molecule has 0 radical (unpaired) electrons. The van der Waals surface area contributed by atoms with Crippen LogP contribution in [0.25, 0.3) is 0 Å². The first-order valence-corrected chi connectivity index (χ1v) is 9.00. The zero-order valence-electron chi connectivity index (χ0n) is 15.0. The van der Waals surface area contributed by atoms with Crippen molar-refractivity contribution in [1.82, 2.24) is 9.78 Å². The Morgan fingerprint density at radius 3 is 2.58 bits per heavy atom. The number of nitrogens with zero attached hydrogens (tertiary/aromatic N) is 2. The van der Waals surface area contributed by atoms with Crippen molar-refractivity contribution in [2.75, 3.05) is 0 Å². The summed E-state index contributed by atoms with van der Waals surface area (Å²) in [6.45, 7) is 7.62. The van der Waals surface area contributed by atoms with E-state index in [2.05, 4.69) is 38.0 Å². The second-order valence-electron chi connectivity index (χ2n) is 8.25. The van der Waals surface area contributed by atoms with Gasteiger partial charge in [0.2, 0.25) is 0 Å². The first-order valence-electron chi connectivity index (χ1n) is 9.00. The maximum atomic E-state index is 12.6. The third kappa shape index (κ3) is 4.14. The highest BCUT2D eigenvalue weighted by Crippen LogP contribution is 2.42. The smallest absolute Gasteiger partial charge is 0.140 e. The van der Waals surface area contributed by atoms with E-state index in [1.807, 2.05) is 35.3 Å². The molecule has 1 aliphatic rings. The molecule has 3 heteroatoms. The monoisotopic (exact) mass is 324 g/mol. The van der Waals surface area contributed by atoms with Gasteiger partial charge in [0.1, 0.15) is 5.78 Å². The zero-order chi connectivity index (χ0) is 17.2. The summed E-state index contributed by atoms with van der Waals surface area (Å²) < 4.78 is 1.92. The Morgan fingerprint density at radius 2 is 1.92 bits per heavy atom. The molecule has 2 unspecified atom stereocenters. The highest BCUT2D eigenvalue weighted by molar-refractivity contribution is 5.83. The summed E-state index contributed by atoms with van der Waals surface area (Å²) in [5.74, 6) is 1.31. The van der Waals surface area contributed by atoms with Gasteiger partial charge < -0.3 is 0 Å². The van der Waals surface area contributed by atoms with E-state index in [1.54, 1.807) is 0 Å². The van der Waals surface area contributed by atoms with Gasteiger partial charge in [0, 0.05) is 18.5 Å². The molecule has 2 atom stereocenters. The Hall–Kier alpha value is -1.90. The quantitative estimate of drug-likeness (QED) is 0.811. The summed E-state index contributed by atoms with van der Waals surface area (Å²) in [5, 5.41) is 4.41. The van der Waals surface area contributed by atoms with Gasteiger partial charge in [-0.1, -0.05) is 51.1 Å². The molecule has 0 saturated heterocycles. The second kappa shape index (κ2) is 6.92. The number of hydrogen-bond donors (Lipinski definition) is 0. The summed E-state index contributed by atoms with van der Waals surface area (Å²) in [5.41, 5.74) is 2.58. The van der Waals surface area contributed by atoms with Crippen LogP contribution in [0, 0.1) is 17.3 Å². The van der Waals surface area contributed by atoms with Gasteiger partial charge in [-0.05, 0) is 41.7 Å². The number of benzene rings is 1. The van der Waals surface area contributed by atoms with E-state index < -0.39 is 0 Å². The highest BCUT2D eigenvalue weighted by Gasteiger charge is 2.35. The minimum Gasteiger partial charge on any atom is -0.299 e. The summed E-state index contributed by atoms with van der Waals surface area (Å²) >= 11 is 0. The normalized spacial score (nSPS) is 21.1. The lowest BCUT2D eigenvalue weighted by Crippen LogP contribution is -2.19.